The SMILES string of the molecule is COc1ccc2ccccc2c1C1C(C(=O)Nc2ccc(C)cc2C)C(=O)CC(C)(O)C1C(=O)Nc1ccc(C)cc1C. The number of fused-ring (bicyclic) bond motifs is 1. The molecule has 2 amide bonds. The first-order valence-electron chi connectivity index (χ1n) is 14.5. The van der Waals surface area contributed by atoms with Crippen LogP contribution in [0, 0.1) is 39.5 Å². The standard InChI is InChI=1S/C36H38N2O5/c1-20-11-14-26(22(3)17-20)37-34(40)31-28(39)19-36(5,42)33(35(41)38-27-15-12-21(2)18-23(27)4)32(31)30-25-10-8-7-9-24(25)13-16-29(30)43-6/h7-18,31-33,42H,19H2,1-6H3,(H,37,40)(H,38,41). The molecular weight excluding hydrogens is 540 g/mol. The molecule has 1 aliphatic rings. The van der Waals surface area contributed by atoms with Gasteiger partial charge >= 0.3 is 0 Å². The zero-order valence-electron chi connectivity index (χ0n) is 25.4. The monoisotopic (exact) mass is 578 g/mol. The fourth-order valence-corrected chi connectivity index (χ4v) is 6.57. The number of methoxy groups -OCH3 is 1. The molecule has 1 saturated carbocycles. The van der Waals surface area contributed by atoms with Crippen molar-refractivity contribution in [2.24, 2.45) is 11.8 Å². The van der Waals surface area contributed by atoms with Crippen LogP contribution in [-0.2, 0) is 14.4 Å². The fraction of sp³-hybridized carbons (Fsp3) is 0.306. The van der Waals surface area contributed by atoms with Gasteiger partial charge in [0, 0.05) is 29.3 Å². The zero-order chi connectivity index (χ0) is 31.1. The van der Waals surface area contributed by atoms with Crippen LogP contribution in [-0.4, -0.2) is 35.4 Å². The molecule has 4 aromatic carbocycles. The third-order valence-corrected chi connectivity index (χ3v) is 8.60. The minimum Gasteiger partial charge on any atom is -0.496 e. The van der Waals surface area contributed by atoms with E-state index < -0.39 is 41.0 Å². The van der Waals surface area contributed by atoms with Gasteiger partial charge in [-0.2, -0.15) is 0 Å². The number of aliphatic hydroxyl groups is 1. The maximum absolute atomic E-state index is 14.3. The molecule has 0 spiro atoms. The second-order valence-electron chi connectivity index (χ2n) is 12.0. The summed E-state index contributed by atoms with van der Waals surface area (Å²) in [5.41, 5.74) is 3.78. The van der Waals surface area contributed by atoms with Crippen LogP contribution in [0.5, 0.6) is 5.75 Å². The van der Waals surface area contributed by atoms with Gasteiger partial charge in [0.15, 0.2) is 0 Å². The number of aryl methyl sites for hydroxylation is 4. The average molecular weight is 579 g/mol. The number of nitrogens with one attached hydrogen (secondary N) is 2. The maximum Gasteiger partial charge on any atom is 0.235 e. The summed E-state index contributed by atoms with van der Waals surface area (Å²) >= 11 is 0. The van der Waals surface area contributed by atoms with E-state index in [9.17, 15) is 19.5 Å². The Morgan fingerprint density at radius 2 is 1.42 bits per heavy atom. The summed E-state index contributed by atoms with van der Waals surface area (Å²) in [4.78, 5) is 42.4. The Morgan fingerprint density at radius 3 is 2.00 bits per heavy atom. The fourth-order valence-electron chi connectivity index (χ4n) is 6.57. The van der Waals surface area contributed by atoms with Crippen LogP contribution in [0.1, 0.15) is 47.1 Å². The maximum atomic E-state index is 14.3. The van der Waals surface area contributed by atoms with Crippen LogP contribution in [0.25, 0.3) is 10.8 Å². The minimum absolute atomic E-state index is 0.355. The molecule has 0 aromatic heterocycles. The normalized spacial score (nSPS) is 21.8. The summed E-state index contributed by atoms with van der Waals surface area (Å²) in [5.74, 6) is -4.49. The number of carbonyl (C=O) groups excluding carboxylic acids is 3. The molecule has 1 fully saturated rings. The quantitative estimate of drug-likeness (QED) is 0.230. The molecule has 4 unspecified atom stereocenters. The number of ether oxygens (including phenoxy) is 1. The number of benzene rings is 4. The molecule has 43 heavy (non-hydrogen) atoms. The van der Waals surface area contributed by atoms with Crippen molar-refractivity contribution in [3.8, 4) is 5.75 Å². The Balaban J connectivity index is 1.70. The number of rotatable bonds is 6. The summed E-state index contributed by atoms with van der Waals surface area (Å²) < 4.78 is 5.81. The number of anilines is 2. The van der Waals surface area contributed by atoms with E-state index in [-0.39, 0.29) is 6.42 Å². The molecule has 5 rings (SSSR count). The van der Waals surface area contributed by atoms with Gasteiger partial charge < -0.3 is 20.5 Å². The Hall–Kier alpha value is -4.49. The van der Waals surface area contributed by atoms with E-state index in [2.05, 4.69) is 10.6 Å². The molecule has 1 aliphatic carbocycles. The molecule has 7 nitrogen and oxygen atoms in total. The van der Waals surface area contributed by atoms with E-state index in [0.717, 1.165) is 33.0 Å². The lowest BCUT2D eigenvalue weighted by molar-refractivity contribution is -0.150. The van der Waals surface area contributed by atoms with Crippen molar-refractivity contribution in [3.05, 3.63) is 101 Å². The van der Waals surface area contributed by atoms with Crippen LogP contribution in [0.3, 0.4) is 0 Å². The van der Waals surface area contributed by atoms with Crippen molar-refractivity contribution in [1.29, 1.82) is 0 Å². The molecule has 0 saturated heterocycles. The van der Waals surface area contributed by atoms with Crippen molar-refractivity contribution in [2.75, 3.05) is 17.7 Å². The number of amides is 2. The molecule has 222 valence electrons. The number of Topliss-reactive ketones (excluding diaryl/α,β-unsaturated/α-hetero) is 1. The highest BCUT2D eigenvalue weighted by molar-refractivity contribution is 6.11. The first-order valence-corrected chi connectivity index (χ1v) is 14.5. The molecule has 4 aromatic rings. The summed E-state index contributed by atoms with van der Waals surface area (Å²) in [6.45, 7) is 9.23. The molecule has 0 heterocycles. The lowest BCUT2D eigenvalue weighted by atomic mass is 9.60. The smallest absolute Gasteiger partial charge is 0.235 e. The topological polar surface area (TPSA) is 105 Å². The van der Waals surface area contributed by atoms with E-state index in [1.807, 2.05) is 94.4 Å². The highest BCUT2D eigenvalue weighted by atomic mass is 16.5. The van der Waals surface area contributed by atoms with Gasteiger partial charge in [0.05, 0.1) is 18.6 Å². The largest absolute Gasteiger partial charge is 0.496 e. The van der Waals surface area contributed by atoms with Crippen molar-refractivity contribution in [2.45, 2.75) is 52.6 Å². The molecule has 4 atom stereocenters. The third-order valence-electron chi connectivity index (χ3n) is 8.60. The number of carbonyl (C=O) groups is 3. The van der Waals surface area contributed by atoms with Gasteiger partial charge in [0.1, 0.15) is 17.5 Å². The Kier molecular flexibility index (Phi) is 8.12. The minimum atomic E-state index is -1.75. The molecule has 0 aliphatic heterocycles. The van der Waals surface area contributed by atoms with Gasteiger partial charge in [-0.05, 0) is 74.7 Å². The van der Waals surface area contributed by atoms with Crippen LogP contribution >= 0.6 is 0 Å². The van der Waals surface area contributed by atoms with Crippen molar-refractivity contribution in [3.63, 3.8) is 0 Å². The predicted molar refractivity (Wildman–Crippen MR) is 170 cm³/mol. The highest BCUT2D eigenvalue weighted by Gasteiger charge is 2.57. The first-order chi connectivity index (χ1) is 20.4. The van der Waals surface area contributed by atoms with E-state index >= 15 is 0 Å². The number of ketones is 1. The summed E-state index contributed by atoms with van der Waals surface area (Å²) in [7, 11) is 1.52. The van der Waals surface area contributed by atoms with E-state index in [1.54, 1.807) is 6.07 Å². The van der Waals surface area contributed by atoms with Crippen LogP contribution in [0.2, 0.25) is 0 Å². The lowest BCUT2D eigenvalue weighted by Gasteiger charge is -2.45. The lowest BCUT2D eigenvalue weighted by Crippen LogP contribution is -2.56. The Morgan fingerprint density at radius 1 is 0.837 bits per heavy atom. The van der Waals surface area contributed by atoms with Crippen LogP contribution in [0.4, 0.5) is 11.4 Å². The molecule has 0 bridgehead atoms. The summed E-state index contributed by atoms with van der Waals surface area (Å²) in [6, 6.07) is 22.6. The van der Waals surface area contributed by atoms with Crippen LogP contribution < -0.4 is 15.4 Å². The Bertz CT molecular complexity index is 1740. The van der Waals surface area contributed by atoms with E-state index in [1.165, 1.54) is 14.0 Å². The molecular formula is C36H38N2O5. The van der Waals surface area contributed by atoms with Gasteiger partial charge in [0.2, 0.25) is 11.8 Å². The first kappa shape index (κ1) is 30.0. The molecule has 0 radical (unpaired) electrons. The van der Waals surface area contributed by atoms with Gasteiger partial charge in [-0.3, -0.25) is 14.4 Å². The van der Waals surface area contributed by atoms with Gasteiger partial charge in [-0.15, -0.1) is 0 Å². The van der Waals surface area contributed by atoms with Gasteiger partial charge in [0.25, 0.3) is 0 Å². The number of hydrogen-bond donors (Lipinski definition) is 3. The Labute approximate surface area is 252 Å². The van der Waals surface area contributed by atoms with Gasteiger partial charge in [-0.25, -0.2) is 0 Å². The summed E-state index contributed by atoms with van der Waals surface area (Å²) in [5, 5.41) is 19.4. The molecule has 3 N–H and O–H groups in total. The average Bonchev–Trinajstić information content (AvgIpc) is 2.94. The highest BCUT2D eigenvalue weighted by Crippen LogP contribution is 2.51. The summed E-state index contributed by atoms with van der Waals surface area (Å²) in [6.07, 6.45) is -0.355. The van der Waals surface area contributed by atoms with Crippen molar-refractivity contribution >= 4 is 39.7 Å². The van der Waals surface area contributed by atoms with Crippen LogP contribution in [0.15, 0.2) is 72.8 Å². The van der Waals surface area contributed by atoms with Crippen molar-refractivity contribution < 1.29 is 24.2 Å². The second-order valence-corrected chi connectivity index (χ2v) is 12.0. The second kappa shape index (κ2) is 11.7. The third kappa shape index (κ3) is 5.77. The van der Waals surface area contributed by atoms with Crippen molar-refractivity contribution in [1.82, 2.24) is 0 Å². The van der Waals surface area contributed by atoms with Gasteiger partial charge in [-0.1, -0.05) is 65.7 Å². The zero-order valence-corrected chi connectivity index (χ0v) is 25.4. The van der Waals surface area contributed by atoms with E-state index in [0.29, 0.717) is 22.7 Å². The van der Waals surface area contributed by atoms with E-state index in [4.69, 9.17) is 4.74 Å². The number of hydrogen-bond acceptors (Lipinski definition) is 5. The predicted octanol–water partition coefficient (Wildman–Crippen LogP) is 6.40. The molecule has 7 heteroatoms.